The second kappa shape index (κ2) is 3.16. The molecule has 2 heterocycles. The first kappa shape index (κ1) is 8.22. The van der Waals surface area contributed by atoms with E-state index in [0.29, 0.717) is 4.84 Å². The van der Waals surface area contributed by atoms with Gasteiger partial charge in [-0.2, -0.15) is 0 Å². The molecule has 0 saturated carbocycles. The van der Waals surface area contributed by atoms with E-state index in [1.54, 1.807) is 17.6 Å². The molecular formula is C7H4BrNOS2. The summed E-state index contributed by atoms with van der Waals surface area (Å²) < 4.78 is 6.07. The fraction of sp³-hybridized carbons (Fsp3) is 0. The van der Waals surface area contributed by atoms with E-state index >= 15 is 0 Å². The van der Waals surface area contributed by atoms with Crippen LogP contribution in [0.15, 0.2) is 26.6 Å². The molecule has 0 aliphatic rings. The third-order valence-electron chi connectivity index (χ3n) is 1.36. The number of thiophene rings is 1. The van der Waals surface area contributed by atoms with E-state index in [2.05, 4.69) is 20.9 Å². The number of oxazole rings is 1. The highest BCUT2D eigenvalue weighted by molar-refractivity contribution is 9.11. The van der Waals surface area contributed by atoms with Crippen molar-refractivity contribution in [1.82, 2.24) is 4.98 Å². The zero-order valence-corrected chi connectivity index (χ0v) is 9.05. The smallest absolute Gasteiger partial charge is 0.266 e. The molecule has 0 atom stereocenters. The summed E-state index contributed by atoms with van der Waals surface area (Å²) >= 11 is 9.83. The molecule has 0 amide bonds. The van der Waals surface area contributed by atoms with Gasteiger partial charge in [-0.05, 0) is 40.3 Å². The maximum absolute atomic E-state index is 4.98. The normalized spacial score (nSPS) is 10.4. The van der Waals surface area contributed by atoms with E-state index in [1.165, 1.54) is 0 Å². The van der Waals surface area contributed by atoms with E-state index in [0.717, 1.165) is 14.4 Å². The van der Waals surface area contributed by atoms with Gasteiger partial charge >= 0.3 is 0 Å². The van der Waals surface area contributed by atoms with Crippen molar-refractivity contribution in [2.24, 2.45) is 0 Å². The number of H-pyrrole nitrogens is 1. The van der Waals surface area contributed by atoms with Crippen molar-refractivity contribution in [2.45, 2.75) is 0 Å². The lowest BCUT2D eigenvalue weighted by Crippen LogP contribution is -1.67. The lowest BCUT2D eigenvalue weighted by Gasteiger charge is -1.84. The molecule has 12 heavy (non-hydrogen) atoms. The summed E-state index contributed by atoms with van der Waals surface area (Å²) in [5.41, 5.74) is 0.927. The maximum atomic E-state index is 4.98. The minimum absolute atomic E-state index is 0.412. The van der Waals surface area contributed by atoms with Crippen molar-refractivity contribution in [2.75, 3.05) is 0 Å². The molecule has 0 spiro atoms. The first-order chi connectivity index (χ1) is 5.75. The van der Waals surface area contributed by atoms with Crippen molar-refractivity contribution >= 4 is 39.5 Å². The molecule has 62 valence electrons. The Balaban J connectivity index is 2.50. The Morgan fingerprint density at radius 2 is 2.33 bits per heavy atom. The summed E-state index contributed by atoms with van der Waals surface area (Å²) in [5, 5.41) is 0. The minimum Gasteiger partial charge on any atom is -0.437 e. The van der Waals surface area contributed by atoms with Gasteiger partial charge < -0.3 is 9.40 Å². The zero-order valence-electron chi connectivity index (χ0n) is 5.83. The molecule has 1 N–H and O–H groups in total. The van der Waals surface area contributed by atoms with Gasteiger partial charge in [0.05, 0.1) is 14.4 Å². The predicted octanol–water partition coefficient (Wildman–Crippen LogP) is 3.83. The molecule has 0 saturated heterocycles. The van der Waals surface area contributed by atoms with E-state index in [-0.39, 0.29) is 0 Å². The van der Waals surface area contributed by atoms with Gasteiger partial charge in [-0.25, -0.2) is 0 Å². The molecule has 2 aromatic rings. The van der Waals surface area contributed by atoms with Crippen molar-refractivity contribution in [1.29, 1.82) is 0 Å². The number of nitrogens with one attached hydrogen (secondary N) is 1. The molecule has 0 bridgehead atoms. The molecule has 2 nitrogen and oxygen atoms in total. The minimum atomic E-state index is 0.412. The second-order valence-electron chi connectivity index (χ2n) is 2.17. The Labute approximate surface area is 86.4 Å². The summed E-state index contributed by atoms with van der Waals surface area (Å²) in [7, 11) is 0. The van der Waals surface area contributed by atoms with Crippen LogP contribution in [-0.4, -0.2) is 4.98 Å². The van der Waals surface area contributed by atoms with Crippen LogP contribution in [0.25, 0.3) is 10.6 Å². The molecule has 2 aromatic heterocycles. The highest BCUT2D eigenvalue weighted by Crippen LogP contribution is 2.29. The molecule has 0 radical (unpaired) electrons. The Morgan fingerprint density at radius 1 is 1.50 bits per heavy atom. The van der Waals surface area contributed by atoms with E-state index in [4.69, 9.17) is 16.6 Å². The first-order valence-electron chi connectivity index (χ1n) is 3.19. The molecular weight excluding hydrogens is 258 g/mol. The molecule has 0 unspecified atom stereocenters. The van der Waals surface area contributed by atoms with Crippen LogP contribution in [0.2, 0.25) is 0 Å². The number of rotatable bonds is 1. The van der Waals surface area contributed by atoms with Gasteiger partial charge in [0, 0.05) is 0 Å². The van der Waals surface area contributed by atoms with Crippen molar-refractivity contribution in [3.63, 3.8) is 0 Å². The highest BCUT2D eigenvalue weighted by atomic mass is 79.9. The number of halogens is 1. The Morgan fingerprint density at radius 3 is 2.83 bits per heavy atom. The lowest BCUT2D eigenvalue weighted by molar-refractivity contribution is 0.541. The van der Waals surface area contributed by atoms with Crippen LogP contribution in [0.5, 0.6) is 0 Å². The van der Waals surface area contributed by atoms with Crippen molar-refractivity contribution in [3.8, 4) is 10.6 Å². The summed E-state index contributed by atoms with van der Waals surface area (Å²) in [4.78, 5) is 4.47. The van der Waals surface area contributed by atoms with Crippen LogP contribution in [0, 0.1) is 4.84 Å². The fourth-order valence-electron chi connectivity index (χ4n) is 0.860. The molecule has 0 aliphatic heterocycles. The van der Waals surface area contributed by atoms with Gasteiger partial charge in [-0.1, -0.05) is 0 Å². The number of aromatic amines is 1. The van der Waals surface area contributed by atoms with Crippen LogP contribution in [0.1, 0.15) is 0 Å². The van der Waals surface area contributed by atoms with Crippen LogP contribution < -0.4 is 0 Å². The standard InChI is InChI=1S/C7H4BrNOS2/c8-6-2-1-5(12-6)4-3-10-7(11)9-4/h1-3H,(H,9,11). The quantitative estimate of drug-likeness (QED) is 0.791. The summed E-state index contributed by atoms with van der Waals surface area (Å²) in [6.45, 7) is 0. The van der Waals surface area contributed by atoms with Gasteiger partial charge in [0.2, 0.25) is 0 Å². The highest BCUT2D eigenvalue weighted by Gasteiger charge is 2.02. The first-order valence-corrected chi connectivity index (χ1v) is 5.21. The van der Waals surface area contributed by atoms with Crippen LogP contribution in [0.3, 0.4) is 0 Å². The molecule has 0 aliphatic carbocycles. The van der Waals surface area contributed by atoms with Gasteiger partial charge in [0.15, 0.2) is 0 Å². The maximum Gasteiger partial charge on any atom is 0.266 e. The van der Waals surface area contributed by atoms with E-state index in [9.17, 15) is 0 Å². The Bertz CT molecular complexity index is 442. The zero-order chi connectivity index (χ0) is 8.55. The third kappa shape index (κ3) is 1.53. The van der Waals surface area contributed by atoms with Crippen LogP contribution in [0.4, 0.5) is 0 Å². The molecule has 5 heteroatoms. The van der Waals surface area contributed by atoms with Crippen LogP contribution in [-0.2, 0) is 0 Å². The molecule has 0 fully saturated rings. The van der Waals surface area contributed by atoms with Gasteiger partial charge in [0.1, 0.15) is 6.26 Å². The monoisotopic (exact) mass is 261 g/mol. The summed E-state index contributed by atoms with van der Waals surface area (Å²) in [5.74, 6) is 0. The Kier molecular flexibility index (Phi) is 2.16. The predicted molar refractivity (Wildman–Crippen MR) is 54.9 cm³/mol. The summed E-state index contributed by atoms with van der Waals surface area (Å²) in [6, 6.07) is 3.99. The number of hydrogen-bond acceptors (Lipinski definition) is 3. The molecule has 0 aromatic carbocycles. The topological polar surface area (TPSA) is 28.9 Å². The Hall–Kier alpha value is -0.390. The lowest BCUT2D eigenvalue weighted by atomic mass is 10.4. The molecule has 2 rings (SSSR count). The second-order valence-corrected chi connectivity index (χ2v) is 5.00. The van der Waals surface area contributed by atoms with E-state index < -0.39 is 0 Å². The average molecular weight is 262 g/mol. The van der Waals surface area contributed by atoms with Crippen molar-refractivity contribution < 1.29 is 4.42 Å². The van der Waals surface area contributed by atoms with Gasteiger partial charge in [-0.15, -0.1) is 11.3 Å². The van der Waals surface area contributed by atoms with E-state index in [1.807, 2.05) is 12.1 Å². The van der Waals surface area contributed by atoms with Crippen LogP contribution >= 0.6 is 39.5 Å². The van der Waals surface area contributed by atoms with Gasteiger partial charge in [0.25, 0.3) is 4.84 Å². The van der Waals surface area contributed by atoms with Gasteiger partial charge in [-0.3, -0.25) is 0 Å². The summed E-state index contributed by atoms with van der Waals surface area (Å²) in [6.07, 6.45) is 1.63. The fourth-order valence-corrected chi connectivity index (χ4v) is 2.36. The number of aromatic nitrogens is 1. The average Bonchev–Trinajstić information content (AvgIpc) is 2.58. The SMILES string of the molecule is S=c1[nH]c(-c2ccc(Br)s2)co1. The largest absolute Gasteiger partial charge is 0.437 e. The number of hydrogen-bond donors (Lipinski definition) is 1. The van der Waals surface area contributed by atoms with Crippen molar-refractivity contribution in [3.05, 3.63) is 27.0 Å². The third-order valence-corrected chi connectivity index (χ3v) is 3.21.